The lowest BCUT2D eigenvalue weighted by Crippen LogP contribution is -2.44. The fourth-order valence-electron chi connectivity index (χ4n) is 3.23. The zero-order chi connectivity index (χ0) is 20.8. The molecule has 1 aliphatic heterocycles. The summed E-state index contributed by atoms with van der Waals surface area (Å²) in [5.41, 5.74) is 1.29. The van der Waals surface area contributed by atoms with Gasteiger partial charge in [0, 0.05) is 16.5 Å². The predicted octanol–water partition coefficient (Wildman–Crippen LogP) is 4.49. The van der Waals surface area contributed by atoms with E-state index in [0.717, 1.165) is 25.7 Å². The highest BCUT2D eigenvalue weighted by atomic mass is 32.1. The van der Waals surface area contributed by atoms with E-state index in [2.05, 4.69) is 9.97 Å². The van der Waals surface area contributed by atoms with Crippen molar-refractivity contribution < 1.29 is 14.7 Å². The maximum atomic E-state index is 12.8. The van der Waals surface area contributed by atoms with Crippen molar-refractivity contribution in [1.82, 2.24) is 15.0 Å². The zero-order valence-corrected chi connectivity index (χ0v) is 17.3. The largest absolute Gasteiger partial charge is 0.508 e. The molecule has 7 nitrogen and oxygen atoms in total. The van der Waals surface area contributed by atoms with Crippen LogP contribution in [0.3, 0.4) is 0 Å². The summed E-state index contributed by atoms with van der Waals surface area (Å²) in [6, 6.07) is 12.5. The Balaban J connectivity index is 1.66. The van der Waals surface area contributed by atoms with Crippen LogP contribution in [0.25, 0.3) is 20.7 Å². The lowest BCUT2D eigenvalue weighted by Gasteiger charge is -2.30. The molecule has 0 saturated heterocycles. The number of hydrogen-bond acceptors (Lipinski definition) is 8. The van der Waals surface area contributed by atoms with Crippen LogP contribution in [0.5, 0.6) is 5.75 Å². The number of carbonyl (C=O) groups excluding carboxylic acids is 2. The van der Waals surface area contributed by atoms with Gasteiger partial charge >= 0.3 is 0 Å². The number of phenolic OH excluding ortho intramolecular Hbond substituents is 1. The first-order valence-corrected chi connectivity index (χ1v) is 10.7. The van der Waals surface area contributed by atoms with E-state index in [9.17, 15) is 14.7 Å². The fourth-order valence-corrected chi connectivity index (χ4v) is 4.96. The van der Waals surface area contributed by atoms with Crippen LogP contribution in [-0.2, 0) is 9.59 Å². The molecule has 5 rings (SSSR count). The highest BCUT2D eigenvalue weighted by Gasteiger charge is 2.37. The van der Waals surface area contributed by atoms with Crippen LogP contribution in [-0.4, -0.2) is 31.9 Å². The summed E-state index contributed by atoms with van der Waals surface area (Å²) in [6.45, 7) is 1.62. The van der Waals surface area contributed by atoms with E-state index >= 15 is 0 Å². The van der Waals surface area contributed by atoms with Crippen LogP contribution in [0.1, 0.15) is 6.92 Å². The maximum Gasteiger partial charge on any atom is 0.276 e. The van der Waals surface area contributed by atoms with Crippen LogP contribution in [0.2, 0.25) is 0 Å². The second kappa shape index (κ2) is 7.05. The molecule has 1 N–H and O–H groups in total. The number of imide groups is 1. The minimum atomic E-state index is -0.418. The van der Waals surface area contributed by atoms with Crippen LogP contribution in [0.15, 0.2) is 65.8 Å². The minimum absolute atomic E-state index is 0.188. The summed E-state index contributed by atoms with van der Waals surface area (Å²) in [5, 5.41) is 15.5. The molecule has 0 fully saturated rings. The number of amides is 2. The summed E-state index contributed by atoms with van der Waals surface area (Å²) in [6.07, 6.45) is 2.76. The fraction of sp³-hybridized carbons (Fsp3) is 0.0476. The second-order valence-corrected chi connectivity index (χ2v) is 8.57. The van der Waals surface area contributed by atoms with Crippen molar-refractivity contribution in [2.45, 2.75) is 6.92 Å². The molecule has 4 aromatic rings. The number of aromatic hydroxyl groups is 1. The molecule has 0 saturated carbocycles. The Morgan fingerprint density at radius 2 is 1.83 bits per heavy atom. The normalized spacial score (nSPS) is 13.9. The molecule has 148 valence electrons. The quantitative estimate of drug-likeness (QED) is 0.476. The van der Waals surface area contributed by atoms with E-state index in [1.54, 1.807) is 24.1 Å². The highest BCUT2D eigenvalue weighted by Crippen LogP contribution is 2.41. The molecule has 0 radical (unpaired) electrons. The highest BCUT2D eigenvalue weighted by molar-refractivity contribution is 7.19. The lowest BCUT2D eigenvalue weighted by molar-refractivity contribution is -0.137. The number of phenols is 1. The molecule has 2 amide bonds. The third-order valence-electron chi connectivity index (χ3n) is 4.67. The van der Waals surface area contributed by atoms with Gasteiger partial charge in [0.15, 0.2) is 5.82 Å². The average Bonchev–Trinajstić information content (AvgIpc) is 3.46. The molecule has 30 heavy (non-hydrogen) atoms. The van der Waals surface area contributed by atoms with Crippen LogP contribution in [0, 0.1) is 0 Å². The van der Waals surface area contributed by atoms with Crippen LogP contribution in [0.4, 0.5) is 10.8 Å². The topological polar surface area (TPSA) is 86.6 Å². The first kappa shape index (κ1) is 18.5. The van der Waals surface area contributed by atoms with E-state index in [4.69, 9.17) is 0 Å². The molecule has 0 aliphatic carbocycles. The predicted molar refractivity (Wildman–Crippen MR) is 117 cm³/mol. The molecule has 0 bridgehead atoms. The third kappa shape index (κ3) is 2.95. The standard InChI is InChI=1S/C21H14N4O3S2/c1-12-10-17(27)24(21(12)28)25(19-15-8-9-29-20(15)23-11-22-19)18-7-6-16(30-18)13-2-4-14(26)5-3-13/h2-11,26H,1H3. The van der Waals surface area contributed by atoms with Gasteiger partial charge in [0.05, 0.1) is 5.39 Å². The summed E-state index contributed by atoms with van der Waals surface area (Å²) in [4.78, 5) is 35.9. The summed E-state index contributed by atoms with van der Waals surface area (Å²) >= 11 is 2.88. The Bertz CT molecular complexity index is 1320. The Kier molecular flexibility index (Phi) is 4.34. The van der Waals surface area contributed by atoms with E-state index in [1.165, 1.54) is 35.1 Å². The van der Waals surface area contributed by atoms with E-state index in [-0.39, 0.29) is 11.7 Å². The number of rotatable bonds is 4. The van der Waals surface area contributed by atoms with Gasteiger partial charge in [-0.2, -0.15) is 5.01 Å². The molecule has 9 heteroatoms. The number of fused-ring (bicyclic) bond motifs is 1. The van der Waals surface area contributed by atoms with Crippen molar-refractivity contribution in [2.75, 3.05) is 5.01 Å². The summed E-state index contributed by atoms with van der Waals surface area (Å²) in [7, 11) is 0. The van der Waals surface area contributed by atoms with Gasteiger partial charge in [-0.05, 0) is 60.3 Å². The SMILES string of the molecule is CC1=CC(=O)N(N(c2ccc(-c3ccc(O)cc3)s2)c2ncnc3sccc23)C1=O. The van der Waals surface area contributed by atoms with E-state index in [0.29, 0.717) is 16.4 Å². The third-order valence-corrected chi connectivity index (χ3v) is 6.60. The smallest absolute Gasteiger partial charge is 0.276 e. The van der Waals surface area contributed by atoms with Gasteiger partial charge < -0.3 is 5.11 Å². The molecule has 4 heterocycles. The number of hydrazine groups is 1. The maximum absolute atomic E-state index is 12.8. The van der Waals surface area contributed by atoms with Crippen molar-refractivity contribution in [2.24, 2.45) is 0 Å². The summed E-state index contributed by atoms with van der Waals surface area (Å²) < 4.78 is 0. The molecule has 0 atom stereocenters. The van der Waals surface area contributed by atoms with Gasteiger partial charge in [-0.25, -0.2) is 15.0 Å². The van der Waals surface area contributed by atoms with Crippen molar-refractivity contribution in [3.05, 3.63) is 65.8 Å². The van der Waals surface area contributed by atoms with Gasteiger partial charge in [-0.1, -0.05) is 0 Å². The number of hydrogen-bond donors (Lipinski definition) is 1. The Labute approximate surface area is 179 Å². The number of carbonyl (C=O) groups is 2. The van der Waals surface area contributed by atoms with Crippen LogP contribution >= 0.6 is 22.7 Å². The van der Waals surface area contributed by atoms with Gasteiger partial charge in [0.2, 0.25) is 0 Å². The van der Waals surface area contributed by atoms with Crippen molar-refractivity contribution in [1.29, 1.82) is 0 Å². The lowest BCUT2D eigenvalue weighted by atomic mass is 10.2. The molecule has 1 aliphatic rings. The van der Waals surface area contributed by atoms with Crippen molar-refractivity contribution >= 4 is 55.5 Å². The van der Waals surface area contributed by atoms with E-state index < -0.39 is 5.91 Å². The zero-order valence-electron chi connectivity index (χ0n) is 15.6. The number of nitrogens with zero attached hydrogens (tertiary/aromatic N) is 4. The van der Waals surface area contributed by atoms with Crippen LogP contribution < -0.4 is 5.01 Å². The van der Waals surface area contributed by atoms with Crippen molar-refractivity contribution in [3.63, 3.8) is 0 Å². The number of anilines is 2. The van der Waals surface area contributed by atoms with Gasteiger partial charge in [-0.3, -0.25) is 9.59 Å². The number of thiophene rings is 2. The van der Waals surface area contributed by atoms with Gasteiger partial charge in [-0.15, -0.1) is 22.7 Å². The Morgan fingerprint density at radius 1 is 1.03 bits per heavy atom. The number of aromatic nitrogens is 2. The monoisotopic (exact) mass is 434 g/mol. The summed E-state index contributed by atoms with van der Waals surface area (Å²) in [5.74, 6) is -0.154. The Morgan fingerprint density at radius 3 is 2.57 bits per heavy atom. The Hall–Kier alpha value is -3.56. The van der Waals surface area contributed by atoms with Crippen molar-refractivity contribution in [3.8, 4) is 16.2 Å². The van der Waals surface area contributed by atoms with Gasteiger partial charge in [0.25, 0.3) is 11.8 Å². The van der Waals surface area contributed by atoms with Gasteiger partial charge in [0.1, 0.15) is 21.9 Å². The molecular formula is C21H14N4O3S2. The molecule has 1 aromatic carbocycles. The first-order chi connectivity index (χ1) is 14.5. The second-order valence-electron chi connectivity index (χ2n) is 6.62. The molecular weight excluding hydrogens is 420 g/mol. The molecule has 0 unspecified atom stereocenters. The molecule has 3 aromatic heterocycles. The van der Waals surface area contributed by atoms with E-state index in [1.807, 2.05) is 35.7 Å². The minimum Gasteiger partial charge on any atom is -0.508 e. The average molecular weight is 435 g/mol. The molecule has 0 spiro atoms. The number of benzene rings is 1. The first-order valence-electron chi connectivity index (χ1n) is 8.97.